The zero-order valence-electron chi connectivity index (χ0n) is 12.0. The molecular formula is C14H23N5. The van der Waals surface area contributed by atoms with Crippen molar-refractivity contribution in [2.75, 3.05) is 6.54 Å². The number of hydrogen-bond donors (Lipinski definition) is 1. The molecule has 104 valence electrons. The third-order valence-electron chi connectivity index (χ3n) is 3.19. The first-order valence-corrected chi connectivity index (χ1v) is 6.99. The standard InChI is InChI=1S/C14H23N5/c1-4-7-15-14(13-6-8-16-18(13)3)12-10-17-19(11-12)9-5-2/h6,8,10-11,14-15H,4-5,7,9H2,1-3H3. The van der Waals surface area contributed by atoms with Crippen LogP contribution in [0, 0.1) is 0 Å². The Labute approximate surface area is 114 Å². The molecule has 0 aromatic carbocycles. The lowest BCUT2D eigenvalue weighted by atomic mass is 10.1. The minimum Gasteiger partial charge on any atom is -0.305 e. The summed E-state index contributed by atoms with van der Waals surface area (Å²) in [5.74, 6) is 0. The summed E-state index contributed by atoms with van der Waals surface area (Å²) in [6.07, 6.45) is 8.13. The van der Waals surface area contributed by atoms with Gasteiger partial charge in [0.1, 0.15) is 0 Å². The van der Waals surface area contributed by atoms with Gasteiger partial charge in [-0.05, 0) is 25.5 Å². The Bertz CT molecular complexity index is 499. The van der Waals surface area contributed by atoms with Gasteiger partial charge in [-0.2, -0.15) is 10.2 Å². The van der Waals surface area contributed by atoms with Crippen LogP contribution in [0.15, 0.2) is 24.7 Å². The molecule has 0 bridgehead atoms. The summed E-state index contributed by atoms with van der Waals surface area (Å²) in [5, 5.41) is 12.3. The third kappa shape index (κ3) is 3.23. The molecule has 0 amide bonds. The highest BCUT2D eigenvalue weighted by atomic mass is 15.3. The van der Waals surface area contributed by atoms with E-state index in [9.17, 15) is 0 Å². The molecule has 0 radical (unpaired) electrons. The zero-order valence-corrected chi connectivity index (χ0v) is 12.0. The summed E-state index contributed by atoms with van der Waals surface area (Å²) in [5.41, 5.74) is 2.37. The quantitative estimate of drug-likeness (QED) is 0.830. The van der Waals surface area contributed by atoms with Crippen molar-refractivity contribution < 1.29 is 0 Å². The molecule has 1 unspecified atom stereocenters. The molecule has 0 saturated carbocycles. The average molecular weight is 261 g/mol. The first kappa shape index (κ1) is 13.8. The van der Waals surface area contributed by atoms with E-state index in [0.717, 1.165) is 25.9 Å². The molecule has 2 heterocycles. The second kappa shape index (κ2) is 6.52. The van der Waals surface area contributed by atoms with Crippen molar-refractivity contribution in [3.05, 3.63) is 35.9 Å². The molecule has 5 nitrogen and oxygen atoms in total. The van der Waals surface area contributed by atoms with Crippen LogP contribution < -0.4 is 5.32 Å². The fraction of sp³-hybridized carbons (Fsp3) is 0.571. The lowest BCUT2D eigenvalue weighted by Crippen LogP contribution is -2.25. The highest BCUT2D eigenvalue weighted by molar-refractivity contribution is 5.23. The molecule has 2 aromatic heterocycles. The van der Waals surface area contributed by atoms with Crippen LogP contribution in [0.25, 0.3) is 0 Å². The summed E-state index contributed by atoms with van der Waals surface area (Å²) in [6.45, 7) is 6.28. The van der Waals surface area contributed by atoms with E-state index < -0.39 is 0 Å². The van der Waals surface area contributed by atoms with E-state index >= 15 is 0 Å². The van der Waals surface area contributed by atoms with Crippen molar-refractivity contribution in [2.45, 2.75) is 39.3 Å². The van der Waals surface area contributed by atoms with Crippen molar-refractivity contribution in [1.29, 1.82) is 0 Å². The SMILES string of the molecule is CCCNC(c1cnn(CCC)c1)c1ccnn1C. The van der Waals surface area contributed by atoms with Gasteiger partial charge in [0, 0.05) is 31.5 Å². The van der Waals surface area contributed by atoms with Gasteiger partial charge in [0.15, 0.2) is 0 Å². The molecule has 0 aliphatic carbocycles. The van der Waals surface area contributed by atoms with Crippen LogP contribution in [0.1, 0.15) is 44.0 Å². The summed E-state index contributed by atoms with van der Waals surface area (Å²) in [4.78, 5) is 0. The molecule has 0 spiro atoms. The van der Waals surface area contributed by atoms with Gasteiger partial charge < -0.3 is 5.32 Å². The Morgan fingerprint density at radius 3 is 2.74 bits per heavy atom. The van der Waals surface area contributed by atoms with Crippen LogP contribution in [-0.2, 0) is 13.6 Å². The van der Waals surface area contributed by atoms with Gasteiger partial charge in [-0.15, -0.1) is 0 Å². The number of hydrogen-bond acceptors (Lipinski definition) is 3. The van der Waals surface area contributed by atoms with Crippen molar-refractivity contribution in [3.8, 4) is 0 Å². The Hall–Kier alpha value is -1.62. The Balaban J connectivity index is 2.23. The second-order valence-corrected chi connectivity index (χ2v) is 4.80. The van der Waals surface area contributed by atoms with E-state index in [1.54, 1.807) is 0 Å². The lowest BCUT2D eigenvalue weighted by Gasteiger charge is -2.17. The monoisotopic (exact) mass is 261 g/mol. The highest BCUT2D eigenvalue weighted by Gasteiger charge is 2.18. The van der Waals surface area contributed by atoms with Crippen LogP contribution >= 0.6 is 0 Å². The van der Waals surface area contributed by atoms with Gasteiger partial charge in [-0.1, -0.05) is 13.8 Å². The van der Waals surface area contributed by atoms with Crippen LogP contribution in [0.3, 0.4) is 0 Å². The Morgan fingerprint density at radius 2 is 2.11 bits per heavy atom. The predicted molar refractivity (Wildman–Crippen MR) is 75.9 cm³/mol. The molecule has 0 aliphatic rings. The van der Waals surface area contributed by atoms with Gasteiger partial charge in [-0.25, -0.2) is 0 Å². The first-order valence-electron chi connectivity index (χ1n) is 6.99. The summed E-state index contributed by atoms with van der Waals surface area (Å²) < 4.78 is 3.93. The molecule has 5 heteroatoms. The summed E-state index contributed by atoms with van der Waals surface area (Å²) in [6, 6.07) is 2.22. The molecule has 2 rings (SSSR count). The smallest absolute Gasteiger partial charge is 0.0778 e. The molecule has 19 heavy (non-hydrogen) atoms. The topological polar surface area (TPSA) is 47.7 Å². The number of nitrogens with one attached hydrogen (secondary N) is 1. The molecule has 0 aliphatic heterocycles. The van der Waals surface area contributed by atoms with Crippen LogP contribution in [0.2, 0.25) is 0 Å². The number of nitrogens with zero attached hydrogens (tertiary/aromatic N) is 4. The summed E-state index contributed by atoms with van der Waals surface area (Å²) in [7, 11) is 1.98. The van der Waals surface area contributed by atoms with E-state index in [0.29, 0.717) is 0 Å². The minimum absolute atomic E-state index is 0.165. The highest BCUT2D eigenvalue weighted by Crippen LogP contribution is 2.21. The van der Waals surface area contributed by atoms with E-state index in [4.69, 9.17) is 0 Å². The van der Waals surface area contributed by atoms with Gasteiger partial charge in [0.05, 0.1) is 17.9 Å². The van der Waals surface area contributed by atoms with Crippen molar-refractivity contribution in [1.82, 2.24) is 24.9 Å². The van der Waals surface area contributed by atoms with E-state index in [-0.39, 0.29) is 6.04 Å². The van der Waals surface area contributed by atoms with Crippen molar-refractivity contribution in [2.24, 2.45) is 7.05 Å². The normalized spacial score (nSPS) is 12.8. The summed E-state index contributed by atoms with van der Waals surface area (Å²) >= 11 is 0. The maximum absolute atomic E-state index is 4.42. The molecule has 1 atom stereocenters. The number of aromatic nitrogens is 4. The minimum atomic E-state index is 0.165. The number of aryl methyl sites for hydroxylation is 2. The van der Waals surface area contributed by atoms with Gasteiger partial charge in [0.2, 0.25) is 0 Å². The molecule has 2 aromatic rings. The van der Waals surface area contributed by atoms with Gasteiger partial charge in [0.25, 0.3) is 0 Å². The fourth-order valence-electron chi connectivity index (χ4n) is 2.23. The molecular weight excluding hydrogens is 238 g/mol. The first-order chi connectivity index (χ1) is 9.26. The van der Waals surface area contributed by atoms with Crippen molar-refractivity contribution >= 4 is 0 Å². The molecule has 0 saturated heterocycles. The zero-order chi connectivity index (χ0) is 13.7. The fourth-order valence-corrected chi connectivity index (χ4v) is 2.23. The average Bonchev–Trinajstić information content (AvgIpc) is 3.01. The van der Waals surface area contributed by atoms with E-state index in [1.165, 1.54) is 11.3 Å². The molecule has 1 N–H and O–H groups in total. The van der Waals surface area contributed by atoms with Crippen molar-refractivity contribution in [3.63, 3.8) is 0 Å². The van der Waals surface area contributed by atoms with Crippen LogP contribution in [0.5, 0.6) is 0 Å². The largest absolute Gasteiger partial charge is 0.305 e. The van der Waals surface area contributed by atoms with E-state index in [1.807, 2.05) is 28.8 Å². The van der Waals surface area contributed by atoms with Gasteiger partial charge >= 0.3 is 0 Å². The third-order valence-corrected chi connectivity index (χ3v) is 3.19. The maximum Gasteiger partial charge on any atom is 0.0778 e. The van der Waals surface area contributed by atoms with Crippen LogP contribution in [-0.4, -0.2) is 26.1 Å². The van der Waals surface area contributed by atoms with E-state index in [2.05, 4.69) is 41.6 Å². The van der Waals surface area contributed by atoms with Gasteiger partial charge in [-0.3, -0.25) is 9.36 Å². The predicted octanol–water partition coefficient (Wildman–Crippen LogP) is 2.12. The maximum atomic E-state index is 4.42. The number of rotatable bonds is 7. The van der Waals surface area contributed by atoms with Crippen LogP contribution in [0.4, 0.5) is 0 Å². The second-order valence-electron chi connectivity index (χ2n) is 4.80. The lowest BCUT2D eigenvalue weighted by molar-refractivity contribution is 0.551. The Morgan fingerprint density at radius 1 is 1.26 bits per heavy atom. The Kier molecular flexibility index (Phi) is 4.74. The molecule has 0 fully saturated rings.